The second-order valence-corrected chi connectivity index (χ2v) is 4.40. The highest BCUT2D eigenvalue weighted by atomic mass is 14.8. The Morgan fingerprint density at radius 3 is 2.50 bits per heavy atom. The van der Waals surface area contributed by atoms with Crippen molar-refractivity contribution in [3.05, 3.63) is 0 Å². The third-order valence-corrected chi connectivity index (χ3v) is 3.01. The van der Waals surface area contributed by atoms with Gasteiger partial charge in [0.2, 0.25) is 0 Å². The molecule has 0 aliphatic heterocycles. The van der Waals surface area contributed by atoms with Crippen molar-refractivity contribution in [2.45, 2.75) is 45.4 Å². The van der Waals surface area contributed by atoms with Crippen molar-refractivity contribution in [2.24, 2.45) is 11.8 Å². The van der Waals surface area contributed by atoms with E-state index in [-0.39, 0.29) is 0 Å². The minimum absolute atomic E-state index is 0.873. The van der Waals surface area contributed by atoms with Crippen LogP contribution in [0.4, 0.5) is 0 Å². The Bertz CT molecular complexity index is 106. The topological polar surface area (TPSA) is 12.0 Å². The third kappa shape index (κ3) is 3.57. The molecule has 72 valence electrons. The van der Waals surface area contributed by atoms with Gasteiger partial charge in [-0.05, 0) is 31.8 Å². The van der Waals surface area contributed by atoms with Crippen LogP contribution in [0.5, 0.6) is 0 Å². The van der Waals surface area contributed by atoms with Gasteiger partial charge in [0.15, 0.2) is 0 Å². The van der Waals surface area contributed by atoms with Gasteiger partial charge >= 0.3 is 0 Å². The summed E-state index contributed by atoms with van der Waals surface area (Å²) >= 11 is 0. The van der Waals surface area contributed by atoms with Gasteiger partial charge in [-0.15, -0.1) is 0 Å². The van der Waals surface area contributed by atoms with Crippen LogP contribution in [0.2, 0.25) is 0 Å². The third-order valence-electron chi connectivity index (χ3n) is 3.01. The molecule has 1 nitrogen and oxygen atoms in total. The largest absolute Gasteiger partial charge is 0.319 e. The van der Waals surface area contributed by atoms with Crippen LogP contribution >= 0.6 is 0 Å². The van der Waals surface area contributed by atoms with Crippen molar-refractivity contribution < 1.29 is 0 Å². The van der Waals surface area contributed by atoms with Gasteiger partial charge < -0.3 is 5.32 Å². The molecule has 1 aliphatic carbocycles. The van der Waals surface area contributed by atoms with E-state index in [1.807, 2.05) is 0 Å². The molecule has 0 heterocycles. The van der Waals surface area contributed by atoms with Crippen LogP contribution in [0.1, 0.15) is 45.4 Å². The molecule has 0 aromatic rings. The summed E-state index contributed by atoms with van der Waals surface area (Å²) in [6.45, 7) is 3.56. The van der Waals surface area contributed by atoms with Crippen LogP contribution < -0.4 is 5.32 Å². The summed E-state index contributed by atoms with van der Waals surface area (Å²) < 4.78 is 0. The van der Waals surface area contributed by atoms with Crippen LogP contribution in [-0.2, 0) is 0 Å². The smallest absolute Gasteiger partial charge is 0.00261 e. The Morgan fingerprint density at radius 1 is 1.25 bits per heavy atom. The molecule has 1 N–H and O–H groups in total. The highest BCUT2D eigenvalue weighted by Gasteiger charge is 2.15. The summed E-state index contributed by atoms with van der Waals surface area (Å²) in [7, 11) is 2.05. The quantitative estimate of drug-likeness (QED) is 0.682. The lowest BCUT2D eigenvalue weighted by atomic mass is 9.83. The normalized spacial score (nSPS) is 22.5. The summed E-state index contributed by atoms with van der Waals surface area (Å²) in [4.78, 5) is 0. The van der Waals surface area contributed by atoms with Crippen LogP contribution in [0.25, 0.3) is 0 Å². The van der Waals surface area contributed by atoms with Gasteiger partial charge in [0, 0.05) is 0 Å². The van der Waals surface area contributed by atoms with E-state index in [0.717, 1.165) is 11.8 Å². The summed E-state index contributed by atoms with van der Waals surface area (Å²) in [6.07, 6.45) is 8.88. The molecule has 0 bridgehead atoms. The van der Waals surface area contributed by atoms with Crippen molar-refractivity contribution in [3.63, 3.8) is 0 Å². The van der Waals surface area contributed by atoms with Gasteiger partial charge in [0.05, 0.1) is 0 Å². The van der Waals surface area contributed by atoms with Gasteiger partial charge in [-0.2, -0.15) is 0 Å². The highest BCUT2D eigenvalue weighted by molar-refractivity contribution is 4.69. The first-order valence-electron chi connectivity index (χ1n) is 5.47. The molecular formula is C11H23N. The second kappa shape index (κ2) is 5.58. The first kappa shape index (κ1) is 10.0. The Morgan fingerprint density at radius 2 is 1.92 bits per heavy atom. The lowest BCUT2D eigenvalue weighted by Gasteiger charge is -2.24. The molecule has 12 heavy (non-hydrogen) atoms. The first-order chi connectivity index (χ1) is 5.83. The lowest BCUT2D eigenvalue weighted by Crippen LogP contribution is -2.20. The summed E-state index contributed by atoms with van der Waals surface area (Å²) in [5.41, 5.74) is 0. The fourth-order valence-electron chi connectivity index (χ4n) is 2.42. The van der Waals surface area contributed by atoms with Crippen molar-refractivity contribution in [2.75, 3.05) is 13.6 Å². The zero-order chi connectivity index (χ0) is 8.81. The Labute approximate surface area is 76.9 Å². The molecular weight excluding hydrogens is 146 g/mol. The number of rotatable bonds is 4. The molecule has 0 spiro atoms. The molecule has 1 atom stereocenters. The fourth-order valence-corrected chi connectivity index (χ4v) is 2.42. The average molecular weight is 169 g/mol. The molecule has 1 saturated carbocycles. The molecule has 0 aromatic carbocycles. The van der Waals surface area contributed by atoms with E-state index in [4.69, 9.17) is 0 Å². The van der Waals surface area contributed by atoms with Gasteiger partial charge in [-0.1, -0.05) is 39.0 Å². The molecule has 0 amide bonds. The predicted molar refractivity (Wildman–Crippen MR) is 54.3 cm³/mol. The van der Waals surface area contributed by atoms with Crippen LogP contribution in [0, 0.1) is 11.8 Å². The zero-order valence-corrected chi connectivity index (χ0v) is 8.60. The molecule has 1 heteroatoms. The van der Waals surface area contributed by atoms with E-state index in [1.54, 1.807) is 0 Å². The van der Waals surface area contributed by atoms with Gasteiger partial charge in [0.1, 0.15) is 0 Å². The highest BCUT2D eigenvalue weighted by Crippen LogP contribution is 2.28. The molecule has 0 aromatic heterocycles. The maximum absolute atomic E-state index is 3.26. The second-order valence-electron chi connectivity index (χ2n) is 4.40. The van der Waals surface area contributed by atoms with E-state index >= 15 is 0 Å². The van der Waals surface area contributed by atoms with E-state index in [9.17, 15) is 0 Å². The van der Waals surface area contributed by atoms with E-state index in [1.165, 1.54) is 45.1 Å². The number of hydrogen-bond donors (Lipinski definition) is 1. The van der Waals surface area contributed by atoms with Crippen LogP contribution in [0.3, 0.4) is 0 Å². The van der Waals surface area contributed by atoms with Gasteiger partial charge in [-0.3, -0.25) is 0 Å². The lowest BCUT2D eigenvalue weighted by molar-refractivity contribution is 0.294. The van der Waals surface area contributed by atoms with Crippen molar-refractivity contribution in [1.82, 2.24) is 5.32 Å². The fraction of sp³-hybridized carbons (Fsp3) is 1.00. The van der Waals surface area contributed by atoms with Gasteiger partial charge in [-0.25, -0.2) is 0 Å². The minimum Gasteiger partial charge on any atom is -0.319 e. The predicted octanol–water partition coefficient (Wildman–Crippen LogP) is 2.81. The SMILES string of the molecule is CNCC(C)CC1CCCCC1. The maximum Gasteiger partial charge on any atom is -0.00261 e. The zero-order valence-electron chi connectivity index (χ0n) is 8.60. The maximum atomic E-state index is 3.26. The molecule has 1 unspecified atom stereocenters. The monoisotopic (exact) mass is 169 g/mol. The van der Waals surface area contributed by atoms with E-state index in [2.05, 4.69) is 19.3 Å². The Hall–Kier alpha value is -0.0400. The van der Waals surface area contributed by atoms with Gasteiger partial charge in [0.25, 0.3) is 0 Å². The molecule has 0 radical (unpaired) electrons. The molecule has 1 fully saturated rings. The Balaban J connectivity index is 2.11. The Kier molecular flexibility index (Phi) is 4.67. The van der Waals surface area contributed by atoms with Crippen molar-refractivity contribution >= 4 is 0 Å². The summed E-state index contributed by atoms with van der Waals surface area (Å²) in [5, 5.41) is 3.26. The van der Waals surface area contributed by atoms with Crippen LogP contribution in [0.15, 0.2) is 0 Å². The molecule has 0 saturated heterocycles. The first-order valence-corrected chi connectivity index (χ1v) is 5.47. The van der Waals surface area contributed by atoms with Crippen molar-refractivity contribution in [3.8, 4) is 0 Å². The van der Waals surface area contributed by atoms with Crippen LogP contribution in [-0.4, -0.2) is 13.6 Å². The van der Waals surface area contributed by atoms with Crippen molar-refractivity contribution in [1.29, 1.82) is 0 Å². The molecule has 1 rings (SSSR count). The summed E-state index contributed by atoms with van der Waals surface area (Å²) in [6, 6.07) is 0. The van der Waals surface area contributed by atoms with E-state index < -0.39 is 0 Å². The standard InChI is InChI=1S/C11H23N/c1-10(9-12-2)8-11-6-4-3-5-7-11/h10-12H,3-9H2,1-2H3. The van der Waals surface area contributed by atoms with E-state index in [0.29, 0.717) is 0 Å². The number of nitrogens with one attached hydrogen (secondary N) is 1. The average Bonchev–Trinajstić information content (AvgIpc) is 2.06. The molecule has 1 aliphatic rings. The summed E-state index contributed by atoms with van der Waals surface area (Å²) in [5.74, 6) is 1.92. The number of hydrogen-bond acceptors (Lipinski definition) is 1. The minimum atomic E-state index is 0.873.